The molecule has 5 heteroatoms. The highest BCUT2D eigenvalue weighted by Crippen LogP contribution is 2.30. The molecule has 1 aromatic rings. The predicted molar refractivity (Wildman–Crippen MR) is 70.5 cm³/mol. The topological polar surface area (TPSA) is 56.8 Å². The lowest BCUT2D eigenvalue weighted by molar-refractivity contribution is 0.0523. The number of alkyl carbamates (subject to hydrolysis) is 1. The van der Waals surface area contributed by atoms with E-state index in [4.69, 9.17) is 14.2 Å². The van der Waals surface area contributed by atoms with Gasteiger partial charge in [-0.05, 0) is 38.5 Å². The van der Waals surface area contributed by atoms with Crippen molar-refractivity contribution in [2.24, 2.45) is 0 Å². The number of nitrogens with one attached hydrogen (secondary N) is 1. The van der Waals surface area contributed by atoms with Crippen molar-refractivity contribution in [1.29, 1.82) is 0 Å². The Labute approximate surface area is 112 Å². The second-order valence-electron chi connectivity index (χ2n) is 5.33. The number of rotatable bonds is 2. The second kappa shape index (κ2) is 5.38. The smallest absolute Gasteiger partial charge is 0.407 e. The minimum atomic E-state index is -0.489. The summed E-state index contributed by atoms with van der Waals surface area (Å²) in [6, 6.07) is 5.61. The van der Waals surface area contributed by atoms with Crippen LogP contribution in [0.15, 0.2) is 18.2 Å². The van der Waals surface area contributed by atoms with Gasteiger partial charge in [0.25, 0.3) is 0 Å². The van der Waals surface area contributed by atoms with Crippen LogP contribution in [0.3, 0.4) is 0 Å². The van der Waals surface area contributed by atoms with E-state index in [-0.39, 0.29) is 0 Å². The number of hydrogen-bond acceptors (Lipinski definition) is 4. The number of ether oxygens (including phenoxy) is 3. The van der Waals surface area contributed by atoms with E-state index in [0.29, 0.717) is 19.8 Å². The number of carbonyl (C=O) groups is 1. The molecule has 1 N–H and O–H groups in total. The first-order valence-corrected chi connectivity index (χ1v) is 6.29. The third kappa shape index (κ3) is 4.05. The molecule has 0 aliphatic carbocycles. The molecule has 0 atom stereocenters. The Bertz CT molecular complexity index is 465. The molecule has 0 saturated heterocycles. The maximum absolute atomic E-state index is 11.5. The van der Waals surface area contributed by atoms with Gasteiger partial charge in [-0.25, -0.2) is 4.79 Å². The Morgan fingerprint density at radius 1 is 1.26 bits per heavy atom. The van der Waals surface area contributed by atoms with Gasteiger partial charge in [-0.15, -0.1) is 0 Å². The summed E-state index contributed by atoms with van der Waals surface area (Å²) in [5, 5.41) is 2.70. The summed E-state index contributed by atoms with van der Waals surface area (Å²) in [6.07, 6.45) is -0.428. The first-order valence-electron chi connectivity index (χ1n) is 6.29. The molecular formula is C14H19NO4. The molecule has 0 spiro atoms. The van der Waals surface area contributed by atoms with Crippen LogP contribution >= 0.6 is 0 Å². The number of carbonyl (C=O) groups excluding carboxylic acids is 1. The van der Waals surface area contributed by atoms with Crippen LogP contribution in [0, 0.1) is 0 Å². The summed E-state index contributed by atoms with van der Waals surface area (Å²) in [5.74, 6) is 1.46. The largest absolute Gasteiger partial charge is 0.486 e. The fourth-order valence-electron chi connectivity index (χ4n) is 1.69. The highest BCUT2D eigenvalue weighted by Gasteiger charge is 2.16. The summed E-state index contributed by atoms with van der Waals surface area (Å²) < 4.78 is 16.1. The zero-order valence-electron chi connectivity index (χ0n) is 11.5. The molecule has 1 aliphatic heterocycles. The van der Waals surface area contributed by atoms with Crippen molar-refractivity contribution in [1.82, 2.24) is 5.32 Å². The predicted octanol–water partition coefficient (Wildman–Crippen LogP) is 2.48. The van der Waals surface area contributed by atoms with E-state index in [2.05, 4.69) is 5.32 Å². The fraction of sp³-hybridized carbons (Fsp3) is 0.500. The van der Waals surface area contributed by atoms with Crippen molar-refractivity contribution < 1.29 is 19.0 Å². The maximum atomic E-state index is 11.5. The van der Waals surface area contributed by atoms with E-state index in [1.807, 2.05) is 39.0 Å². The quantitative estimate of drug-likeness (QED) is 0.892. The Morgan fingerprint density at radius 2 is 1.95 bits per heavy atom. The number of fused-ring (bicyclic) bond motifs is 1. The van der Waals surface area contributed by atoms with Crippen LogP contribution in [0.5, 0.6) is 11.5 Å². The molecule has 5 nitrogen and oxygen atoms in total. The Kier molecular flexibility index (Phi) is 3.83. The summed E-state index contributed by atoms with van der Waals surface area (Å²) >= 11 is 0. The van der Waals surface area contributed by atoms with E-state index in [9.17, 15) is 4.79 Å². The summed E-state index contributed by atoms with van der Waals surface area (Å²) in [6.45, 7) is 7.01. The summed E-state index contributed by atoms with van der Waals surface area (Å²) in [5.41, 5.74) is 0.451. The van der Waals surface area contributed by atoms with Crippen molar-refractivity contribution in [3.8, 4) is 11.5 Å². The Balaban J connectivity index is 1.91. The number of hydrogen-bond donors (Lipinski definition) is 1. The lowest BCUT2D eigenvalue weighted by Gasteiger charge is -2.20. The number of benzene rings is 1. The third-order valence-corrected chi connectivity index (χ3v) is 2.44. The van der Waals surface area contributed by atoms with Crippen LogP contribution in [0.4, 0.5) is 4.79 Å². The van der Waals surface area contributed by atoms with Crippen LogP contribution < -0.4 is 14.8 Å². The minimum absolute atomic E-state index is 0.394. The second-order valence-corrected chi connectivity index (χ2v) is 5.33. The molecule has 1 aliphatic rings. The Morgan fingerprint density at radius 3 is 2.63 bits per heavy atom. The Hall–Kier alpha value is -1.91. The monoisotopic (exact) mass is 265 g/mol. The van der Waals surface area contributed by atoms with Gasteiger partial charge in [-0.3, -0.25) is 0 Å². The summed E-state index contributed by atoms with van der Waals surface area (Å²) in [7, 11) is 0. The van der Waals surface area contributed by atoms with Gasteiger partial charge in [0.15, 0.2) is 11.5 Å². The van der Waals surface area contributed by atoms with Crippen LogP contribution in [0.1, 0.15) is 26.3 Å². The molecule has 1 aromatic carbocycles. The normalized spacial score (nSPS) is 13.8. The van der Waals surface area contributed by atoms with E-state index >= 15 is 0 Å². The molecule has 104 valence electrons. The van der Waals surface area contributed by atoms with E-state index in [0.717, 1.165) is 17.1 Å². The zero-order valence-corrected chi connectivity index (χ0v) is 11.5. The molecule has 0 fully saturated rings. The van der Waals surface area contributed by atoms with E-state index < -0.39 is 11.7 Å². The molecule has 1 heterocycles. The molecule has 1 amide bonds. The van der Waals surface area contributed by atoms with Crippen molar-refractivity contribution in [3.63, 3.8) is 0 Å². The molecule has 0 unspecified atom stereocenters. The highest BCUT2D eigenvalue weighted by atomic mass is 16.6. The van der Waals surface area contributed by atoms with Gasteiger partial charge in [-0.2, -0.15) is 0 Å². The molecule has 0 radical (unpaired) electrons. The van der Waals surface area contributed by atoms with Crippen molar-refractivity contribution >= 4 is 6.09 Å². The van der Waals surface area contributed by atoms with Crippen LogP contribution in [0.2, 0.25) is 0 Å². The lowest BCUT2D eigenvalue weighted by atomic mass is 10.2. The number of amides is 1. The summed E-state index contributed by atoms with van der Waals surface area (Å²) in [4.78, 5) is 11.5. The van der Waals surface area contributed by atoms with Gasteiger partial charge in [0, 0.05) is 6.54 Å². The van der Waals surface area contributed by atoms with Crippen LogP contribution in [0.25, 0.3) is 0 Å². The van der Waals surface area contributed by atoms with Crippen LogP contribution in [-0.2, 0) is 11.3 Å². The van der Waals surface area contributed by atoms with Gasteiger partial charge >= 0.3 is 6.09 Å². The molecule has 0 bridgehead atoms. The lowest BCUT2D eigenvalue weighted by Crippen LogP contribution is -2.32. The zero-order chi connectivity index (χ0) is 13.9. The van der Waals surface area contributed by atoms with E-state index in [1.54, 1.807) is 0 Å². The minimum Gasteiger partial charge on any atom is -0.486 e. The van der Waals surface area contributed by atoms with Gasteiger partial charge in [-0.1, -0.05) is 6.07 Å². The van der Waals surface area contributed by atoms with Gasteiger partial charge < -0.3 is 19.5 Å². The molecule has 0 aromatic heterocycles. The first-order chi connectivity index (χ1) is 8.94. The average Bonchev–Trinajstić information content (AvgIpc) is 2.34. The maximum Gasteiger partial charge on any atom is 0.407 e. The molecule has 19 heavy (non-hydrogen) atoms. The standard InChI is InChI=1S/C14H19NO4/c1-14(2,3)19-13(16)15-9-10-4-5-11-12(8-10)18-7-6-17-11/h4-5,8H,6-7,9H2,1-3H3,(H,15,16). The van der Waals surface area contributed by atoms with Crippen molar-refractivity contribution in [3.05, 3.63) is 23.8 Å². The molecular weight excluding hydrogens is 246 g/mol. The van der Waals surface area contributed by atoms with Gasteiger partial charge in [0.05, 0.1) is 0 Å². The highest BCUT2D eigenvalue weighted by molar-refractivity contribution is 5.67. The molecule has 2 rings (SSSR count). The van der Waals surface area contributed by atoms with Gasteiger partial charge in [0.1, 0.15) is 18.8 Å². The van der Waals surface area contributed by atoms with Gasteiger partial charge in [0.2, 0.25) is 0 Å². The molecule has 0 saturated carbocycles. The van der Waals surface area contributed by atoms with Crippen LogP contribution in [-0.4, -0.2) is 24.9 Å². The first kappa shape index (κ1) is 13.5. The average molecular weight is 265 g/mol. The van der Waals surface area contributed by atoms with Crippen molar-refractivity contribution in [2.45, 2.75) is 32.9 Å². The third-order valence-electron chi connectivity index (χ3n) is 2.44. The SMILES string of the molecule is CC(C)(C)OC(=O)NCc1ccc2c(c1)OCCO2. The van der Waals surface area contributed by atoms with E-state index in [1.165, 1.54) is 0 Å². The van der Waals surface area contributed by atoms with Crippen molar-refractivity contribution in [2.75, 3.05) is 13.2 Å². The fourth-order valence-corrected chi connectivity index (χ4v) is 1.69.